The number of hydrogen-bond acceptors (Lipinski definition) is 4. The fraction of sp³-hybridized carbons (Fsp3) is 0.143. The van der Waals surface area contributed by atoms with Crippen LogP contribution in [0.5, 0.6) is 0 Å². The number of fused-ring (bicyclic) bond motifs is 1. The van der Waals surface area contributed by atoms with Crippen LogP contribution in [0.1, 0.15) is 16.1 Å². The van der Waals surface area contributed by atoms with Crippen molar-refractivity contribution >= 4 is 22.5 Å². The highest BCUT2D eigenvalue weighted by Crippen LogP contribution is 2.32. The van der Waals surface area contributed by atoms with Crippen LogP contribution in [0.3, 0.4) is 0 Å². The van der Waals surface area contributed by atoms with Crippen LogP contribution in [-0.4, -0.2) is 31.8 Å². The highest BCUT2D eigenvalue weighted by atomic mass is 19.4. The standard InChI is InChI=1S/C21H13F6N5O/c22-20(23,24)11-32-10-12(8-30-32)14-6-7-28-18-15(14)2-1-3-16(18)31-19(33)17-5-4-13(9-29-17)21(25,26)27/h1-10H,11H2,(H,31,33). The number of halogens is 6. The summed E-state index contributed by atoms with van der Waals surface area (Å²) in [7, 11) is 0. The van der Waals surface area contributed by atoms with Crippen molar-refractivity contribution in [3.63, 3.8) is 0 Å². The summed E-state index contributed by atoms with van der Waals surface area (Å²) in [5.74, 6) is -0.749. The summed E-state index contributed by atoms with van der Waals surface area (Å²) < 4.78 is 76.7. The van der Waals surface area contributed by atoms with Gasteiger partial charge in [-0.15, -0.1) is 0 Å². The van der Waals surface area contributed by atoms with Gasteiger partial charge in [0, 0.05) is 29.5 Å². The Balaban J connectivity index is 1.63. The van der Waals surface area contributed by atoms with Gasteiger partial charge in [-0.1, -0.05) is 12.1 Å². The number of anilines is 1. The lowest BCUT2D eigenvalue weighted by molar-refractivity contribution is -0.142. The molecule has 0 radical (unpaired) electrons. The molecule has 1 N–H and O–H groups in total. The number of amides is 1. The number of benzene rings is 1. The summed E-state index contributed by atoms with van der Waals surface area (Å²) in [5.41, 5.74) is 0.324. The molecule has 0 bridgehead atoms. The maximum absolute atomic E-state index is 12.7. The second-order valence-electron chi connectivity index (χ2n) is 6.99. The normalized spacial score (nSPS) is 12.2. The number of nitrogens with one attached hydrogen (secondary N) is 1. The average molecular weight is 465 g/mol. The molecule has 1 amide bonds. The highest BCUT2D eigenvalue weighted by Gasteiger charge is 2.31. The number of para-hydroxylation sites is 1. The molecule has 33 heavy (non-hydrogen) atoms. The smallest absolute Gasteiger partial charge is 0.319 e. The molecule has 0 aliphatic rings. The van der Waals surface area contributed by atoms with Crippen LogP contribution >= 0.6 is 0 Å². The summed E-state index contributed by atoms with van der Waals surface area (Å²) in [6.07, 6.45) is -4.48. The van der Waals surface area contributed by atoms with E-state index >= 15 is 0 Å². The molecule has 12 heteroatoms. The molecule has 1 aromatic carbocycles. The van der Waals surface area contributed by atoms with E-state index in [2.05, 4.69) is 20.4 Å². The fourth-order valence-corrected chi connectivity index (χ4v) is 3.18. The molecule has 0 atom stereocenters. The molecule has 0 saturated carbocycles. The second kappa shape index (κ2) is 8.19. The monoisotopic (exact) mass is 465 g/mol. The van der Waals surface area contributed by atoms with E-state index in [4.69, 9.17) is 0 Å². The number of rotatable bonds is 4. The minimum absolute atomic E-state index is 0.232. The Morgan fingerprint density at radius 3 is 2.42 bits per heavy atom. The number of alkyl halides is 6. The SMILES string of the molecule is O=C(Nc1cccc2c(-c3cnn(CC(F)(F)F)c3)ccnc12)c1ccc(C(F)(F)F)cn1. The van der Waals surface area contributed by atoms with Crippen molar-refractivity contribution in [2.24, 2.45) is 0 Å². The molecule has 3 aromatic heterocycles. The topological polar surface area (TPSA) is 72.7 Å². The summed E-state index contributed by atoms with van der Waals surface area (Å²) >= 11 is 0. The Morgan fingerprint density at radius 2 is 1.76 bits per heavy atom. The van der Waals surface area contributed by atoms with Crippen LogP contribution in [0.4, 0.5) is 32.0 Å². The number of hydrogen-bond donors (Lipinski definition) is 1. The largest absolute Gasteiger partial charge is 0.417 e. The van der Waals surface area contributed by atoms with Crippen molar-refractivity contribution < 1.29 is 31.1 Å². The minimum atomic E-state index is -4.58. The first-order valence-corrected chi connectivity index (χ1v) is 9.33. The summed E-state index contributed by atoms with van der Waals surface area (Å²) in [6.45, 7) is -1.24. The lowest BCUT2D eigenvalue weighted by atomic mass is 10.0. The molecule has 0 fully saturated rings. The third-order valence-corrected chi connectivity index (χ3v) is 4.63. The van der Waals surface area contributed by atoms with E-state index in [9.17, 15) is 31.1 Å². The molecule has 0 spiro atoms. The first-order chi connectivity index (χ1) is 15.5. The molecule has 0 saturated heterocycles. The van der Waals surface area contributed by atoms with Crippen LogP contribution in [0.15, 0.2) is 61.2 Å². The zero-order chi connectivity index (χ0) is 23.8. The van der Waals surface area contributed by atoms with Gasteiger partial charge in [-0.05, 0) is 29.8 Å². The van der Waals surface area contributed by atoms with Crippen molar-refractivity contribution in [1.82, 2.24) is 19.7 Å². The van der Waals surface area contributed by atoms with Crippen LogP contribution in [0.2, 0.25) is 0 Å². The van der Waals surface area contributed by atoms with E-state index in [1.54, 1.807) is 18.2 Å². The molecule has 3 heterocycles. The van der Waals surface area contributed by atoms with E-state index in [0.29, 0.717) is 28.2 Å². The van der Waals surface area contributed by atoms with Crippen LogP contribution < -0.4 is 5.32 Å². The number of carbonyl (C=O) groups excluding carboxylic acids is 1. The van der Waals surface area contributed by atoms with Gasteiger partial charge in [0.2, 0.25) is 0 Å². The predicted molar refractivity (Wildman–Crippen MR) is 106 cm³/mol. The lowest BCUT2D eigenvalue weighted by Crippen LogP contribution is -2.17. The van der Waals surface area contributed by atoms with Crippen molar-refractivity contribution in [2.45, 2.75) is 18.9 Å². The molecule has 0 aliphatic heterocycles. The van der Waals surface area contributed by atoms with Gasteiger partial charge in [-0.25, -0.2) is 0 Å². The number of pyridine rings is 2. The number of nitrogens with zero attached hydrogens (tertiary/aromatic N) is 4. The molecular weight excluding hydrogens is 452 g/mol. The maximum atomic E-state index is 12.7. The van der Waals surface area contributed by atoms with E-state index in [1.165, 1.54) is 24.7 Å². The van der Waals surface area contributed by atoms with Crippen molar-refractivity contribution in [3.05, 3.63) is 72.4 Å². The number of carbonyl (C=O) groups is 1. The van der Waals surface area contributed by atoms with E-state index in [1.807, 2.05) is 0 Å². The Labute approximate surface area is 181 Å². The quantitative estimate of drug-likeness (QED) is 0.414. The first-order valence-electron chi connectivity index (χ1n) is 9.33. The van der Waals surface area contributed by atoms with Gasteiger partial charge >= 0.3 is 12.4 Å². The van der Waals surface area contributed by atoms with Gasteiger partial charge in [0.15, 0.2) is 0 Å². The number of aromatic nitrogens is 4. The second-order valence-corrected chi connectivity index (χ2v) is 6.99. The van der Waals surface area contributed by atoms with Gasteiger partial charge in [0.05, 0.1) is 23.0 Å². The summed E-state index contributed by atoms with van der Waals surface area (Å²) in [5, 5.41) is 6.83. The Morgan fingerprint density at radius 1 is 0.970 bits per heavy atom. The molecule has 4 aromatic rings. The van der Waals surface area contributed by atoms with Gasteiger partial charge < -0.3 is 5.32 Å². The van der Waals surface area contributed by atoms with E-state index in [-0.39, 0.29) is 11.4 Å². The molecule has 0 aliphatic carbocycles. The molecule has 0 unspecified atom stereocenters. The molecular formula is C21H13F6N5O. The van der Waals surface area contributed by atoms with Gasteiger partial charge in [0.1, 0.15) is 12.2 Å². The zero-order valence-electron chi connectivity index (χ0n) is 16.4. The third-order valence-electron chi connectivity index (χ3n) is 4.63. The van der Waals surface area contributed by atoms with Gasteiger partial charge in [-0.2, -0.15) is 31.4 Å². The van der Waals surface area contributed by atoms with Crippen LogP contribution in [-0.2, 0) is 12.7 Å². The zero-order valence-corrected chi connectivity index (χ0v) is 16.4. The molecule has 170 valence electrons. The van der Waals surface area contributed by atoms with E-state index in [0.717, 1.165) is 16.8 Å². The first kappa shape index (κ1) is 22.2. The predicted octanol–water partition coefficient (Wildman–Crippen LogP) is 5.33. The van der Waals surface area contributed by atoms with Crippen LogP contribution in [0, 0.1) is 0 Å². The van der Waals surface area contributed by atoms with Gasteiger partial charge in [0.25, 0.3) is 5.91 Å². The summed E-state index contributed by atoms with van der Waals surface area (Å²) in [6, 6.07) is 8.11. The van der Waals surface area contributed by atoms with Gasteiger partial charge in [-0.3, -0.25) is 19.4 Å². The molecule has 4 rings (SSSR count). The van der Waals surface area contributed by atoms with Crippen molar-refractivity contribution in [3.8, 4) is 11.1 Å². The third kappa shape index (κ3) is 4.94. The Kier molecular flexibility index (Phi) is 5.52. The van der Waals surface area contributed by atoms with Crippen molar-refractivity contribution in [1.29, 1.82) is 0 Å². The highest BCUT2D eigenvalue weighted by molar-refractivity contribution is 6.09. The van der Waals surface area contributed by atoms with E-state index < -0.39 is 30.4 Å². The van der Waals surface area contributed by atoms with Crippen molar-refractivity contribution in [2.75, 3.05) is 5.32 Å². The minimum Gasteiger partial charge on any atom is -0.319 e. The Hall–Kier alpha value is -3.96. The molecule has 6 nitrogen and oxygen atoms in total. The Bertz CT molecular complexity index is 1310. The average Bonchev–Trinajstić information content (AvgIpc) is 3.19. The fourth-order valence-electron chi connectivity index (χ4n) is 3.18. The van der Waals surface area contributed by atoms with Crippen LogP contribution in [0.25, 0.3) is 22.0 Å². The summed E-state index contributed by atoms with van der Waals surface area (Å²) in [4.78, 5) is 20.3. The maximum Gasteiger partial charge on any atom is 0.417 e. The lowest BCUT2D eigenvalue weighted by Gasteiger charge is -2.11.